The molecule has 1 N–H and O–H groups in total. The standard InChI is InChI=1S/C26H31NO6/c1-5-32-19-13-11-18(12-14-19)24(28)22-23(20-9-6-7-10-21(20)33-17(2)3)27(15-8-16-31-4)26(30)25(22)29/h6-7,9-14,17,23,28H,5,8,15-16H2,1-4H3/b24-22-. The molecule has 0 bridgehead atoms. The van der Waals surface area contributed by atoms with E-state index < -0.39 is 17.7 Å². The van der Waals surface area contributed by atoms with Gasteiger partial charge in [0.15, 0.2) is 0 Å². The molecule has 0 aromatic heterocycles. The van der Waals surface area contributed by atoms with Crippen LogP contribution in [0.5, 0.6) is 11.5 Å². The molecule has 0 aliphatic carbocycles. The maximum Gasteiger partial charge on any atom is 0.295 e. The zero-order chi connectivity index (χ0) is 24.0. The number of benzene rings is 2. The van der Waals surface area contributed by atoms with Crippen molar-refractivity contribution in [3.63, 3.8) is 0 Å². The van der Waals surface area contributed by atoms with E-state index in [0.717, 1.165) is 0 Å². The Morgan fingerprint density at radius 3 is 2.42 bits per heavy atom. The fourth-order valence-electron chi connectivity index (χ4n) is 3.91. The van der Waals surface area contributed by atoms with Crippen LogP contribution in [-0.2, 0) is 14.3 Å². The molecule has 1 atom stereocenters. The third kappa shape index (κ3) is 5.37. The van der Waals surface area contributed by atoms with E-state index >= 15 is 0 Å². The quantitative estimate of drug-likeness (QED) is 0.249. The summed E-state index contributed by atoms with van der Waals surface area (Å²) < 4.78 is 16.6. The van der Waals surface area contributed by atoms with Crippen LogP contribution in [0.2, 0.25) is 0 Å². The summed E-state index contributed by atoms with van der Waals surface area (Å²) in [5, 5.41) is 11.2. The molecule has 0 spiro atoms. The summed E-state index contributed by atoms with van der Waals surface area (Å²) in [5.74, 6) is -0.379. The SMILES string of the molecule is CCOc1ccc(/C(O)=C2/C(=O)C(=O)N(CCCOC)C2c2ccccc2OC(C)C)cc1. The van der Waals surface area contributed by atoms with Gasteiger partial charge in [-0.05, 0) is 57.5 Å². The van der Waals surface area contributed by atoms with Gasteiger partial charge in [0.1, 0.15) is 17.3 Å². The van der Waals surface area contributed by atoms with Gasteiger partial charge in [-0.3, -0.25) is 9.59 Å². The van der Waals surface area contributed by atoms with Crippen molar-refractivity contribution in [1.29, 1.82) is 0 Å². The van der Waals surface area contributed by atoms with Gasteiger partial charge in [0.05, 0.1) is 24.3 Å². The summed E-state index contributed by atoms with van der Waals surface area (Å²) in [6, 6.07) is 13.3. The number of aliphatic hydroxyl groups is 1. The number of Topliss-reactive ketones (excluding diaryl/α,β-unsaturated/α-hetero) is 1. The smallest absolute Gasteiger partial charge is 0.295 e. The second kappa shape index (κ2) is 11.0. The molecule has 0 saturated carbocycles. The normalized spacial score (nSPS) is 17.6. The van der Waals surface area contributed by atoms with Gasteiger partial charge in [0, 0.05) is 31.4 Å². The first-order chi connectivity index (χ1) is 15.9. The molecule has 1 saturated heterocycles. The lowest BCUT2D eigenvalue weighted by Gasteiger charge is -2.27. The fourth-order valence-corrected chi connectivity index (χ4v) is 3.91. The molecule has 2 aromatic rings. The molecule has 1 amide bonds. The van der Waals surface area contributed by atoms with Crippen LogP contribution < -0.4 is 9.47 Å². The van der Waals surface area contributed by atoms with Crippen LogP contribution in [0.1, 0.15) is 44.4 Å². The number of likely N-dealkylation sites (tertiary alicyclic amines) is 1. The number of hydrogen-bond acceptors (Lipinski definition) is 6. The zero-order valence-electron chi connectivity index (χ0n) is 19.5. The number of amides is 1. The van der Waals surface area contributed by atoms with Crippen LogP contribution in [0, 0.1) is 0 Å². The number of carbonyl (C=O) groups is 2. The van der Waals surface area contributed by atoms with Crippen molar-refractivity contribution in [2.24, 2.45) is 0 Å². The number of para-hydroxylation sites is 1. The fraction of sp³-hybridized carbons (Fsp3) is 0.385. The van der Waals surface area contributed by atoms with Crippen LogP contribution in [0.4, 0.5) is 0 Å². The summed E-state index contributed by atoms with van der Waals surface area (Å²) in [7, 11) is 1.59. The minimum Gasteiger partial charge on any atom is -0.507 e. The lowest BCUT2D eigenvalue weighted by molar-refractivity contribution is -0.140. The number of ketones is 1. The van der Waals surface area contributed by atoms with E-state index in [1.165, 1.54) is 4.90 Å². The van der Waals surface area contributed by atoms with Gasteiger partial charge >= 0.3 is 0 Å². The van der Waals surface area contributed by atoms with Gasteiger partial charge in [-0.2, -0.15) is 0 Å². The summed E-state index contributed by atoms with van der Waals surface area (Å²) in [4.78, 5) is 27.7. The number of nitrogens with zero attached hydrogens (tertiary/aromatic N) is 1. The molecule has 1 unspecified atom stereocenters. The lowest BCUT2D eigenvalue weighted by Crippen LogP contribution is -2.31. The number of ether oxygens (including phenoxy) is 3. The van der Waals surface area contributed by atoms with Gasteiger partial charge in [-0.25, -0.2) is 0 Å². The van der Waals surface area contributed by atoms with Gasteiger partial charge in [0.2, 0.25) is 0 Å². The predicted molar refractivity (Wildman–Crippen MR) is 125 cm³/mol. The molecule has 1 heterocycles. The van der Waals surface area contributed by atoms with E-state index in [-0.39, 0.29) is 17.4 Å². The highest BCUT2D eigenvalue weighted by molar-refractivity contribution is 6.46. The van der Waals surface area contributed by atoms with Crippen molar-refractivity contribution in [3.05, 3.63) is 65.2 Å². The summed E-state index contributed by atoms with van der Waals surface area (Å²) in [5.41, 5.74) is 1.12. The van der Waals surface area contributed by atoms with Crippen molar-refractivity contribution in [1.82, 2.24) is 4.90 Å². The average Bonchev–Trinajstić information content (AvgIpc) is 3.04. The topological polar surface area (TPSA) is 85.3 Å². The Labute approximate surface area is 194 Å². The molecule has 0 radical (unpaired) electrons. The Bertz CT molecular complexity index is 1010. The molecular formula is C26H31NO6. The van der Waals surface area contributed by atoms with Crippen molar-refractivity contribution in [2.45, 2.75) is 39.3 Å². The highest BCUT2D eigenvalue weighted by atomic mass is 16.5. The Morgan fingerprint density at radius 1 is 1.09 bits per heavy atom. The summed E-state index contributed by atoms with van der Waals surface area (Å²) in [6.45, 7) is 6.97. The molecule has 7 heteroatoms. The Morgan fingerprint density at radius 2 is 1.79 bits per heavy atom. The second-order valence-electron chi connectivity index (χ2n) is 8.00. The molecule has 2 aromatic carbocycles. The Kier molecular flexibility index (Phi) is 8.11. The molecule has 1 fully saturated rings. The molecule has 33 heavy (non-hydrogen) atoms. The van der Waals surface area contributed by atoms with Crippen LogP contribution in [0.15, 0.2) is 54.1 Å². The molecule has 7 nitrogen and oxygen atoms in total. The molecule has 3 rings (SSSR count). The van der Waals surface area contributed by atoms with Crippen molar-refractivity contribution < 1.29 is 28.9 Å². The van der Waals surface area contributed by atoms with Gasteiger partial charge in [-0.15, -0.1) is 0 Å². The highest BCUT2D eigenvalue weighted by Crippen LogP contribution is 2.43. The third-order valence-corrected chi connectivity index (χ3v) is 5.30. The Hall–Kier alpha value is -3.32. The maximum absolute atomic E-state index is 13.1. The van der Waals surface area contributed by atoms with Crippen molar-refractivity contribution >= 4 is 17.4 Å². The number of aliphatic hydroxyl groups excluding tert-OH is 1. The molecular weight excluding hydrogens is 422 g/mol. The van der Waals surface area contributed by atoms with E-state index in [1.54, 1.807) is 31.4 Å². The van der Waals surface area contributed by atoms with Crippen molar-refractivity contribution in [2.75, 3.05) is 26.9 Å². The maximum atomic E-state index is 13.1. The first-order valence-electron chi connectivity index (χ1n) is 11.1. The monoisotopic (exact) mass is 453 g/mol. The Balaban J connectivity index is 2.13. The van der Waals surface area contributed by atoms with E-state index in [2.05, 4.69) is 0 Å². The predicted octanol–water partition coefficient (Wildman–Crippen LogP) is 4.33. The van der Waals surface area contributed by atoms with E-state index in [1.807, 2.05) is 45.0 Å². The van der Waals surface area contributed by atoms with Crippen molar-refractivity contribution in [3.8, 4) is 11.5 Å². The lowest BCUT2D eigenvalue weighted by atomic mass is 9.94. The largest absolute Gasteiger partial charge is 0.507 e. The average molecular weight is 454 g/mol. The number of methoxy groups -OCH3 is 1. The molecule has 176 valence electrons. The summed E-state index contributed by atoms with van der Waals surface area (Å²) >= 11 is 0. The first kappa shape index (κ1) is 24.3. The van der Waals surface area contributed by atoms with Crippen LogP contribution in [0.3, 0.4) is 0 Å². The minimum atomic E-state index is -0.775. The van der Waals surface area contributed by atoms with Crippen LogP contribution >= 0.6 is 0 Å². The number of carbonyl (C=O) groups excluding carboxylic acids is 2. The zero-order valence-corrected chi connectivity index (χ0v) is 19.5. The number of hydrogen-bond donors (Lipinski definition) is 1. The molecule has 1 aliphatic heterocycles. The van der Waals surface area contributed by atoms with E-state index in [0.29, 0.717) is 48.8 Å². The van der Waals surface area contributed by atoms with Crippen LogP contribution in [0.25, 0.3) is 5.76 Å². The minimum absolute atomic E-state index is 0.0429. The van der Waals surface area contributed by atoms with Gasteiger partial charge < -0.3 is 24.2 Å². The summed E-state index contributed by atoms with van der Waals surface area (Å²) in [6.07, 6.45) is 0.448. The number of rotatable bonds is 10. The van der Waals surface area contributed by atoms with Gasteiger partial charge in [0.25, 0.3) is 11.7 Å². The first-order valence-corrected chi connectivity index (χ1v) is 11.1. The second-order valence-corrected chi connectivity index (χ2v) is 8.00. The van der Waals surface area contributed by atoms with E-state index in [9.17, 15) is 14.7 Å². The molecule has 1 aliphatic rings. The third-order valence-electron chi connectivity index (χ3n) is 5.30. The van der Waals surface area contributed by atoms with Gasteiger partial charge in [-0.1, -0.05) is 18.2 Å². The van der Waals surface area contributed by atoms with E-state index in [4.69, 9.17) is 14.2 Å². The van der Waals surface area contributed by atoms with Crippen LogP contribution in [-0.4, -0.2) is 54.7 Å². The highest BCUT2D eigenvalue weighted by Gasteiger charge is 2.46.